The quantitative estimate of drug-likeness (QED) is 0.892. The zero-order chi connectivity index (χ0) is 15.4. The van der Waals surface area contributed by atoms with Gasteiger partial charge < -0.3 is 11.1 Å². The van der Waals surface area contributed by atoms with E-state index in [2.05, 4.69) is 42.3 Å². The number of benzene rings is 1. The molecule has 0 unspecified atom stereocenters. The molecule has 2 aromatic rings. The summed E-state index contributed by atoms with van der Waals surface area (Å²) in [6.07, 6.45) is 2.30. The number of amides is 1. The van der Waals surface area contributed by atoms with Crippen LogP contribution in [0.1, 0.15) is 27.0 Å². The first-order chi connectivity index (χ1) is 9.95. The Morgan fingerprint density at radius 2 is 1.90 bits per heavy atom. The minimum absolute atomic E-state index is 0.305. The van der Waals surface area contributed by atoms with Gasteiger partial charge in [0.25, 0.3) is 0 Å². The Labute approximate surface area is 129 Å². The smallest absolute Gasteiger partial charge is 0.250 e. The predicted molar refractivity (Wildman–Crippen MR) is 85.9 cm³/mol. The average molecular weight is 304 g/mol. The molecule has 0 spiro atoms. The average Bonchev–Trinajstić information content (AvgIpc) is 2.39. The molecule has 4 nitrogen and oxygen atoms in total. The minimum atomic E-state index is -0.536. The van der Waals surface area contributed by atoms with Crippen molar-refractivity contribution < 1.29 is 4.79 Å². The van der Waals surface area contributed by atoms with Crippen molar-refractivity contribution >= 4 is 23.3 Å². The highest BCUT2D eigenvalue weighted by molar-refractivity contribution is 6.33. The molecule has 2 rings (SSSR count). The summed E-state index contributed by atoms with van der Waals surface area (Å²) >= 11 is 6.07. The summed E-state index contributed by atoms with van der Waals surface area (Å²) in [5.41, 5.74) is 9.27. The van der Waals surface area contributed by atoms with Crippen molar-refractivity contribution in [2.75, 3.05) is 11.9 Å². The highest BCUT2D eigenvalue weighted by atomic mass is 35.5. The molecule has 0 saturated heterocycles. The molecule has 3 N–H and O–H groups in total. The molecule has 0 saturated carbocycles. The molecule has 0 aliphatic rings. The molecule has 0 radical (unpaired) electrons. The van der Waals surface area contributed by atoms with E-state index in [-0.39, 0.29) is 0 Å². The first-order valence-corrected chi connectivity index (χ1v) is 7.10. The van der Waals surface area contributed by atoms with Gasteiger partial charge in [-0.25, -0.2) is 4.98 Å². The number of hydrogen-bond donors (Lipinski definition) is 2. The van der Waals surface area contributed by atoms with Crippen LogP contribution in [0.5, 0.6) is 0 Å². The number of aromatic nitrogens is 1. The van der Waals surface area contributed by atoms with Crippen molar-refractivity contribution in [2.24, 2.45) is 5.73 Å². The fraction of sp³-hybridized carbons (Fsp3) is 0.250. The monoisotopic (exact) mass is 303 g/mol. The van der Waals surface area contributed by atoms with E-state index >= 15 is 0 Å². The molecule has 0 fully saturated rings. The van der Waals surface area contributed by atoms with Crippen LogP contribution in [-0.2, 0) is 6.42 Å². The Bertz CT molecular complexity index is 650. The zero-order valence-electron chi connectivity index (χ0n) is 12.1. The number of anilines is 1. The number of nitrogens with zero attached hydrogens (tertiary/aromatic N) is 1. The Kier molecular flexibility index (Phi) is 4.81. The van der Waals surface area contributed by atoms with Gasteiger partial charge in [-0.1, -0.05) is 40.9 Å². The van der Waals surface area contributed by atoms with E-state index in [0.717, 1.165) is 6.42 Å². The lowest BCUT2D eigenvalue weighted by Crippen LogP contribution is -2.12. The fourth-order valence-electron chi connectivity index (χ4n) is 2.24. The predicted octanol–water partition coefficient (Wildman–Crippen LogP) is 3.11. The molecule has 21 heavy (non-hydrogen) atoms. The molecule has 5 heteroatoms. The number of rotatable bonds is 5. The maximum absolute atomic E-state index is 11.0. The van der Waals surface area contributed by atoms with Crippen LogP contribution < -0.4 is 11.1 Å². The van der Waals surface area contributed by atoms with Gasteiger partial charge in [0.05, 0.1) is 10.6 Å². The number of halogens is 1. The summed E-state index contributed by atoms with van der Waals surface area (Å²) < 4.78 is 0. The highest BCUT2D eigenvalue weighted by Gasteiger charge is 2.06. The van der Waals surface area contributed by atoms with Crippen molar-refractivity contribution in [2.45, 2.75) is 20.3 Å². The molecule has 1 heterocycles. The van der Waals surface area contributed by atoms with Gasteiger partial charge in [-0.15, -0.1) is 0 Å². The summed E-state index contributed by atoms with van der Waals surface area (Å²) in [6, 6.07) is 8.01. The zero-order valence-corrected chi connectivity index (χ0v) is 12.9. The molecule has 0 aliphatic heterocycles. The molecule has 0 atom stereocenters. The highest BCUT2D eigenvalue weighted by Crippen LogP contribution is 2.20. The molecular weight excluding hydrogens is 286 g/mol. The van der Waals surface area contributed by atoms with Gasteiger partial charge in [0.2, 0.25) is 5.91 Å². The number of nitrogens with one attached hydrogen (secondary N) is 1. The first-order valence-electron chi connectivity index (χ1n) is 6.72. The summed E-state index contributed by atoms with van der Waals surface area (Å²) in [4.78, 5) is 15.2. The van der Waals surface area contributed by atoms with Crippen molar-refractivity contribution in [1.82, 2.24) is 4.98 Å². The second-order valence-electron chi connectivity index (χ2n) is 5.09. The normalized spacial score (nSPS) is 10.4. The van der Waals surface area contributed by atoms with Crippen molar-refractivity contribution in [3.05, 3.63) is 57.7 Å². The summed E-state index contributed by atoms with van der Waals surface area (Å²) in [6.45, 7) is 4.89. The lowest BCUT2D eigenvalue weighted by Gasteiger charge is -2.09. The Morgan fingerprint density at radius 1 is 1.24 bits per heavy atom. The maximum Gasteiger partial charge on any atom is 0.250 e. The molecule has 110 valence electrons. The van der Waals surface area contributed by atoms with E-state index in [0.29, 0.717) is 22.9 Å². The minimum Gasteiger partial charge on any atom is -0.369 e. The number of hydrogen-bond acceptors (Lipinski definition) is 3. The SMILES string of the molecule is Cc1cc(C)cc(CCNc2ncc(C(N)=O)cc2Cl)c1. The van der Waals surface area contributed by atoms with E-state index in [1.807, 2.05) is 0 Å². The summed E-state index contributed by atoms with van der Waals surface area (Å²) in [5, 5.41) is 3.57. The van der Waals surface area contributed by atoms with Crippen molar-refractivity contribution in [3.63, 3.8) is 0 Å². The van der Waals surface area contributed by atoms with Gasteiger partial charge in [0.1, 0.15) is 5.82 Å². The fourth-order valence-corrected chi connectivity index (χ4v) is 2.47. The second-order valence-corrected chi connectivity index (χ2v) is 5.50. The Morgan fingerprint density at radius 3 is 2.48 bits per heavy atom. The summed E-state index contributed by atoms with van der Waals surface area (Å²) in [5.74, 6) is 0.0252. The molecule has 1 amide bonds. The largest absolute Gasteiger partial charge is 0.369 e. The van der Waals surface area contributed by atoms with Crippen LogP contribution >= 0.6 is 11.6 Å². The molecular formula is C16H18ClN3O. The lowest BCUT2D eigenvalue weighted by molar-refractivity contribution is 0.1000. The molecule has 1 aromatic carbocycles. The van der Waals surface area contributed by atoms with Crippen LogP contribution in [-0.4, -0.2) is 17.4 Å². The number of carbonyl (C=O) groups is 1. The van der Waals surface area contributed by atoms with E-state index in [9.17, 15) is 4.79 Å². The molecule has 1 aromatic heterocycles. The topological polar surface area (TPSA) is 68.0 Å². The lowest BCUT2D eigenvalue weighted by atomic mass is 10.1. The van der Waals surface area contributed by atoms with E-state index in [4.69, 9.17) is 17.3 Å². The van der Waals surface area contributed by atoms with E-state index in [1.165, 1.54) is 29.0 Å². The van der Waals surface area contributed by atoms with Crippen LogP contribution in [0.2, 0.25) is 5.02 Å². The van der Waals surface area contributed by atoms with Gasteiger partial charge in [0, 0.05) is 12.7 Å². The van der Waals surface area contributed by atoms with Gasteiger partial charge in [0.15, 0.2) is 0 Å². The molecule has 0 aliphatic carbocycles. The van der Waals surface area contributed by atoms with Crippen molar-refractivity contribution in [3.8, 4) is 0 Å². The number of nitrogens with two attached hydrogens (primary N) is 1. The first kappa shape index (κ1) is 15.3. The summed E-state index contributed by atoms with van der Waals surface area (Å²) in [7, 11) is 0. The number of primary amides is 1. The number of aryl methyl sites for hydroxylation is 2. The van der Waals surface area contributed by atoms with Gasteiger partial charge in [-0.3, -0.25) is 4.79 Å². The van der Waals surface area contributed by atoms with E-state index < -0.39 is 5.91 Å². The standard InChI is InChI=1S/C16H18ClN3O/c1-10-5-11(2)7-12(6-10)3-4-19-16-14(17)8-13(9-20-16)15(18)21/h5-9H,3-4H2,1-2H3,(H2,18,21)(H,19,20). The van der Waals surface area contributed by atoms with Gasteiger partial charge >= 0.3 is 0 Å². The maximum atomic E-state index is 11.0. The van der Waals surface area contributed by atoms with Gasteiger partial charge in [-0.05, 0) is 31.9 Å². The third kappa shape index (κ3) is 4.20. The Balaban J connectivity index is 1.98. The van der Waals surface area contributed by atoms with E-state index in [1.54, 1.807) is 0 Å². The van der Waals surface area contributed by atoms with Crippen LogP contribution in [0.25, 0.3) is 0 Å². The third-order valence-electron chi connectivity index (χ3n) is 3.11. The number of pyridine rings is 1. The van der Waals surface area contributed by atoms with Crippen LogP contribution in [0.3, 0.4) is 0 Å². The van der Waals surface area contributed by atoms with Gasteiger partial charge in [-0.2, -0.15) is 0 Å². The van der Waals surface area contributed by atoms with Crippen LogP contribution in [0.15, 0.2) is 30.5 Å². The second kappa shape index (κ2) is 6.59. The third-order valence-corrected chi connectivity index (χ3v) is 3.40. The Hall–Kier alpha value is -2.07. The van der Waals surface area contributed by atoms with Crippen LogP contribution in [0, 0.1) is 13.8 Å². The molecule has 0 bridgehead atoms. The number of carbonyl (C=O) groups excluding carboxylic acids is 1. The van der Waals surface area contributed by atoms with Crippen LogP contribution in [0.4, 0.5) is 5.82 Å². The van der Waals surface area contributed by atoms with Crippen molar-refractivity contribution in [1.29, 1.82) is 0 Å².